The lowest BCUT2D eigenvalue weighted by Crippen LogP contribution is -2.30. The van der Waals surface area contributed by atoms with Gasteiger partial charge in [-0.05, 0) is 78.9 Å². The molecule has 2 aromatic carbocycles. The third-order valence-corrected chi connectivity index (χ3v) is 7.84. The summed E-state index contributed by atoms with van der Waals surface area (Å²) >= 11 is 0. The van der Waals surface area contributed by atoms with Crippen LogP contribution in [0.15, 0.2) is 30.3 Å². The van der Waals surface area contributed by atoms with Crippen molar-refractivity contribution in [3.05, 3.63) is 47.5 Å². The summed E-state index contributed by atoms with van der Waals surface area (Å²) in [5.41, 5.74) is 1.21. The van der Waals surface area contributed by atoms with Crippen LogP contribution in [0.4, 0.5) is 8.78 Å². The van der Waals surface area contributed by atoms with Gasteiger partial charge in [-0.1, -0.05) is 70.1 Å². The molecular weight excluding hydrogens is 362 g/mol. The SMILES string of the molecule is CCCCCCCC1CCC2CC(c3ccc4ccc(F)c(F)c4c3)CCC2C1. The van der Waals surface area contributed by atoms with Crippen LogP contribution >= 0.6 is 0 Å². The maximum atomic E-state index is 14.3. The lowest BCUT2D eigenvalue weighted by atomic mass is 9.63. The molecule has 4 rings (SSSR count). The van der Waals surface area contributed by atoms with Gasteiger partial charge in [0, 0.05) is 5.39 Å². The van der Waals surface area contributed by atoms with Crippen molar-refractivity contribution in [2.24, 2.45) is 17.8 Å². The molecule has 29 heavy (non-hydrogen) atoms. The molecule has 0 spiro atoms. The molecule has 158 valence electrons. The Kier molecular flexibility index (Phi) is 6.88. The first-order chi connectivity index (χ1) is 14.2. The number of hydrogen-bond donors (Lipinski definition) is 0. The highest BCUT2D eigenvalue weighted by Gasteiger charge is 2.35. The molecule has 0 aliphatic heterocycles. The average Bonchev–Trinajstić information content (AvgIpc) is 2.75. The van der Waals surface area contributed by atoms with E-state index in [9.17, 15) is 8.78 Å². The van der Waals surface area contributed by atoms with Crippen molar-refractivity contribution in [3.63, 3.8) is 0 Å². The van der Waals surface area contributed by atoms with Crippen LogP contribution in [0.25, 0.3) is 10.8 Å². The number of benzene rings is 2. The van der Waals surface area contributed by atoms with E-state index in [2.05, 4.69) is 13.0 Å². The topological polar surface area (TPSA) is 0 Å². The van der Waals surface area contributed by atoms with Gasteiger partial charge < -0.3 is 0 Å². The van der Waals surface area contributed by atoms with Crippen LogP contribution in [0.2, 0.25) is 0 Å². The number of fused-ring (bicyclic) bond motifs is 2. The summed E-state index contributed by atoms with van der Waals surface area (Å²) in [6, 6.07) is 8.94. The predicted octanol–water partition coefficient (Wildman–Crippen LogP) is 8.78. The second kappa shape index (κ2) is 9.58. The Labute approximate surface area is 175 Å². The normalized spacial score (nSPS) is 27.1. The van der Waals surface area contributed by atoms with Gasteiger partial charge >= 0.3 is 0 Å². The molecule has 4 unspecified atom stereocenters. The quantitative estimate of drug-likeness (QED) is 0.409. The predicted molar refractivity (Wildman–Crippen MR) is 118 cm³/mol. The summed E-state index contributed by atoms with van der Waals surface area (Å²) in [5, 5.41) is 1.23. The first kappa shape index (κ1) is 20.8. The number of halogens is 2. The summed E-state index contributed by atoms with van der Waals surface area (Å²) in [5.74, 6) is 1.75. The van der Waals surface area contributed by atoms with Crippen molar-refractivity contribution in [2.45, 2.75) is 89.9 Å². The van der Waals surface area contributed by atoms with Crippen molar-refractivity contribution >= 4 is 10.8 Å². The largest absolute Gasteiger partial charge is 0.204 e. The molecule has 2 aromatic rings. The van der Waals surface area contributed by atoms with Gasteiger partial charge in [0.2, 0.25) is 0 Å². The van der Waals surface area contributed by atoms with Gasteiger partial charge in [-0.15, -0.1) is 0 Å². The number of unbranched alkanes of at least 4 members (excludes halogenated alkanes) is 4. The van der Waals surface area contributed by atoms with Crippen LogP contribution in [0.3, 0.4) is 0 Å². The fraction of sp³-hybridized carbons (Fsp3) is 0.630. The molecule has 2 fully saturated rings. The Bertz CT molecular complexity index is 812. The minimum Gasteiger partial charge on any atom is -0.204 e. The lowest BCUT2D eigenvalue weighted by Gasteiger charge is -2.42. The molecule has 2 saturated carbocycles. The Balaban J connectivity index is 1.34. The molecule has 0 nitrogen and oxygen atoms in total. The van der Waals surface area contributed by atoms with E-state index in [0.29, 0.717) is 11.3 Å². The highest BCUT2D eigenvalue weighted by Crippen LogP contribution is 2.48. The molecule has 2 aliphatic carbocycles. The van der Waals surface area contributed by atoms with Gasteiger partial charge in [-0.25, -0.2) is 8.78 Å². The number of hydrogen-bond acceptors (Lipinski definition) is 0. The fourth-order valence-corrected chi connectivity index (χ4v) is 6.12. The van der Waals surface area contributed by atoms with E-state index in [0.717, 1.165) is 23.1 Å². The maximum absolute atomic E-state index is 14.3. The van der Waals surface area contributed by atoms with Gasteiger partial charge in [-0.3, -0.25) is 0 Å². The second-order valence-corrected chi connectivity index (χ2v) is 9.75. The van der Waals surface area contributed by atoms with Crippen molar-refractivity contribution in [3.8, 4) is 0 Å². The lowest BCUT2D eigenvalue weighted by molar-refractivity contribution is 0.113. The van der Waals surface area contributed by atoms with E-state index in [1.165, 1.54) is 88.7 Å². The Morgan fingerprint density at radius 2 is 1.59 bits per heavy atom. The minimum atomic E-state index is -0.744. The summed E-state index contributed by atoms with van der Waals surface area (Å²) < 4.78 is 27.9. The third kappa shape index (κ3) is 4.84. The molecule has 0 amide bonds. The van der Waals surface area contributed by atoms with Gasteiger partial charge in [0.05, 0.1) is 0 Å². The van der Waals surface area contributed by atoms with Crippen LogP contribution in [-0.2, 0) is 0 Å². The van der Waals surface area contributed by atoms with Crippen LogP contribution in [0.5, 0.6) is 0 Å². The van der Waals surface area contributed by atoms with Crippen LogP contribution < -0.4 is 0 Å². The third-order valence-electron chi connectivity index (χ3n) is 7.84. The Hall–Kier alpha value is -1.44. The second-order valence-electron chi connectivity index (χ2n) is 9.75. The average molecular weight is 399 g/mol. The van der Waals surface area contributed by atoms with E-state index in [1.807, 2.05) is 12.1 Å². The zero-order chi connectivity index (χ0) is 20.2. The standard InChI is InChI=1S/C27H36F2/c1-2-3-4-5-6-7-19-8-9-22-17-23(13-12-21(22)16-19)24-11-10-20-14-15-26(28)27(29)25(20)18-24/h10-11,14-15,18-19,21-23H,2-9,12-13,16-17H2,1H3. The molecule has 0 radical (unpaired) electrons. The first-order valence-corrected chi connectivity index (χ1v) is 12.0. The van der Waals surface area contributed by atoms with Crippen molar-refractivity contribution in [1.29, 1.82) is 0 Å². The van der Waals surface area contributed by atoms with Gasteiger partial charge in [0.1, 0.15) is 0 Å². The fourth-order valence-electron chi connectivity index (χ4n) is 6.12. The minimum absolute atomic E-state index is 0.441. The summed E-state index contributed by atoms with van der Waals surface area (Å²) in [4.78, 5) is 0. The van der Waals surface area contributed by atoms with Crippen molar-refractivity contribution < 1.29 is 8.78 Å². The summed E-state index contributed by atoms with van der Waals surface area (Å²) in [6.45, 7) is 2.28. The zero-order valence-corrected chi connectivity index (χ0v) is 17.9. The van der Waals surface area contributed by atoms with Crippen LogP contribution in [0, 0.1) is 29.4 Å². The van der Waals surface area contributed by atoms with E-state index in [4.69, 9.17) is 0 Å². The molecule has 0 aromatic heterocycles. The van der Waals surface area contributed by atoms with E-state index in [-0.39, 0.29) is 0 Å². The van der Waals surface area contributed by atoms with Gasteiger partial charge in [0.15, 0.2) is 11.6 Å². The van der Waals surface area contributed by atoms with Crippen LogP contribution in [0.1, 0.15) is 95.5 Å². The molecule has 0 N–H and O–H groups in total. The van der Waals surface area contributed by atoms with Gasteiger partial charge in [0.25, 0.3) is 0 Å². The smallest absolute Gasteiger partial charge is 0.166 e. The maximum Gasteiger partial charge on any atom is 0.166 e. The first-order valence-electron chi connectivity index (χ1n) is 12.0. The highest BCUT2D eigenvalue weighted by molar-refractivity contribution is 5.84. The van der Waals surface area contributed by atoms with E-state index < -0.39 is 11.6 Å². The number of rotatable bonds is 7. The monoisotopic (exact) mass is 398 g/mol. The molecule has 0 heterocycles. The van der Waals surface area contributed by atoms with Crippen molar-refractivity contribution in [2.75, 3.05) is 0 Å². The van der Waals surface area contributed by atoms with Crippen LogP contribution in [-0.4, -0.2) is 0 Å². The highest BCUT2D eigenvalue weighted by atomic mass is 19.2. The zero-order valence-electron chi connectivity index (χ0n) is 17.9. The van der Waals surface area contributed by atoms with E-state index in [1.54, 1.807) is 6.07 Å². The summed E-state index contributed by atoms with van der Waals surface area (Å²) in [7, 11) is 0. The molecule has 2 aliphatic rings. The molecule has 0 bridgehead atoms. The Morgan fingerprint density at radius 3 is 2.45 bits per heavy atom. The molecule has 4 atom stereocenters. The Morgan fingerprint density at radius 1 is 0.828 bits per heavy atom. The molecular formula is C27H36F2. The molecule has 2 heteroatoms. The van der Waals surface area contributed by atoms with E-state index >= 15 is 0 Å². The van der Waals surface area contributed by atoms with Gasteiger partial charge in [-0.2, -0.15) is 0 Å². The molecule has 0 saturated heterocycles. The van der Waals surface area contributed by atoms with Crippen molar-refractivity contribution in [1.82, 2.24) is 0 Å². The summed E-state index contributed by atoms with van der Waals surface area (Å²) in [6.07, 6.45) is 16.4.